The van der Waals surface area contributed by atoms with Gasteiger partial charge in [-0.25, -0.2) is 8.78 Å². The molecular formula is C8H6F2N4O2. The highest BCUT2D eigenvalue weighted by molar-refractivity contribution is 5.49. The van der Waals surface area contributed by atoms with Crippen LogP contribution in [0.4, 0.5) is 14.6 Å². The quantitative estimate of drug-likeness (QED) is 0.619. The molecule has 8 heteroatoms. The molecule has 0 aliphatic carbocycles. The Morgan fingerprint density at radius 2 is 2.31 bits per heavy atom. The Labute approximate surface area is 88.5 Å². The van der Waals surface area contributed by atoms with Crippen molar-refractivity contribution in [2.24, 2.45) is 5.73 Å². The minimum Gasteiger partial charge on any atom is -0.358 e. The van der Waals surface area contributed by atoms with Crippen molar-refractivity contribution in [2.45, 2.75) is 13.0 Å². The molecule has 0 saturated carbocycles. The minimum atomic E-state index is -3.00. The molecule has 1 rings (SSSR count). The summed E-state index contributed by atoms with van der Waals surface area (Å²) in [5.74, 6) is -0.739. The highest BCUT2D eigenvalue weighted by Crippen LogP contribution is 2.30. The van der Waals surface area contributed by atoms with Crippen molar-refractivity contribution in [3.63, 3.8) is 0 Å². The fraction of sp³-hybridized carbons (Fsp3) is 0.250. The lowest BCUT2D eigenvalue weighted by Crippen LogP contribution is -2.10. The molecule has 0 fully saturated rings. The lowest BCUT2D eigenvalue weighted by Gasteiger charge is -2.07. The predicted octanol–water partition coefficient (Wildman–Crippen LogP) is 1.26. The molecule has 0 unspecified atom stereocenters. The monoisotopic (exact) mass is 228 g/mol. The second-order valence-corrected chi connectivity index (χ2v) is 2.76. The predicted molar refractivity (Wildman–Crippen MR) is 48.5 cm³/mol. The number of nitrogens with two attached hydrogens (primary N) is 1. The maximum atomic E-state index is 12.6. The van der Waals surface area contributed by atoms with Crippen LogP contribution in [0, 0.1) is 21.4 Å². The maximum Gasteiger partial charge on any atom is 0.368 e. The molecule has 1 heterocycles. The van der Waals surface area contributed by atoms with Gasteiger partial charge in [-0.2, -0.15) is 5.26 Å². The fourth-order valence-corrected chi connectivity index (χ4v) is 1.25. The fourth-order valence-electron chi connectivity index (χ4n) is 1.25. The van der Waals surface area contributed by atoms with Crippen molar-refractivity contribution in [2.75, 3.05) is 0 Å². The summed E-state index contributed by atoms with van der Waals surface area (Å²) in [5.41, 5.74) is 3.64. The molecule has 0 aromatic carbocycles. The lowest BCUT2D eigenvalue weighted by molar-refractivity contribution is -0.390. The van der Waals surface area contributed by atoms with Gasteiger partial charge in [0.25, 0.3) is 6.43 Å². The first kappa shape index (κ1) is 11.9. The molecule has 2 N–H and O–H groups in total. The summed E-state index contributed by atoms with van der Waals surface area (Å²) in [6, 6.07) is 1.50. The number of alkyl halides is 2. The average molecular weight is 228 g/mol. The summed E-state index contributed by atoms with van der Waals surface area (Å²) in [7, 11) is 0. The number of hydrogen-bond acceptors (Lipinski definition) is 5. The number of nitrogens with zero attached hydrogens (tertiary/aromatic N) is 3. The van der Waals surface area contributed by atoms with Gasteiger partial charge in [-0.15, -0.1) is 0 Å². The zero-order valence-corrected chi connectivity index (χ0v) is 7.85. The molecular weight excluding hydrogens is 222 g/mol. The van der Waals surface area contributed by atoms with Crippen LogP contribution in [0.5, 0.6) is 0 Å². The van der Waals surface area contributed by atoms with E-state index in [1.165, 1.54) is 6.07 Å². The van der Waals surface area contributed by atoms with Gasteiger partial charge in [-0.05, 0) is 9.91 Å². The highest BCUT2D eigenvalue weighted by atomic mass is 19.3. The van der Waals surface area contributed by atoms with E-state index in [-0.39, 0.29) is 0 Å². The van der Waals surface area contributed by atoms with Crippen molar-refractivity contribution in [1.29, 1.82) is 5.26 Å². The van der Waals surface area contributed by atoms with E-state index >= 15 is 0 Å². The van der Waals surface area contributed by atoms with Crippen LogP contribution in [-0.2, 0) is 6.54 Å². The third-order valence-corrected chi connectivity index (χ3v) is 1.92. The van der Waals surface area contributed by atoms with Gasteiger partial charge >= 0.3 is 5.82 Å². The molecule has 16 heavy (non-hydrogen) atoms. The van der Waals surface area contributed by atoms with Gasteiger partial charge in [0, 0.05) is 6.54 Å². The molecule has 84 valence electrons. The first-order valence-electron chi connectivity index (χ1n) is 4.07. The summed E-state index contributed by atoms with van der Waals surface area (Å²) in [4.78, 5) is 12.9. The van der Waals surface area contributed by atoms with Gasteiger partial charge in [0.15, 0.2) is 6.20 Å². The standard InChI is InChI=1S/C8H6F2N4O2/c9-7(10)6-4(1-11)3-13-8(14(15)16)5(6)2-12/h3,7H,2,12H2. The van der Waals surface area contributed by atoms with Crippen LogP contribution in [0.3, 0.4) is 0 Å². The number of aromatic nitrogens is 1. The van der Waals surface area contributed by atoms with Crippen molar-refractivity contribution in [1.82, 2.24) is 4.98 Å². The van der Waals surface area contributed by atoms with Crippen LogP contribution >= 0.6 is 0 Å². The zero-order valence-electron chi connectivity index (χ0n) is 7.85. The van der Waals surface area contributed by atoms with Crippen LogP contribution in [0.25, 0.3) is 0 Å². The van der Waals surface area contributed by atoms with Crippen LogP contribution in [0.15, 0.2) is 6.20 Å². The summed E-state index contributed by atoms with van der Waals surface area (Å²) < 4.78 is 25.3. The Hall–Kier alpha value is -2.14. The number of hydrogen-bond donors (Lipinski definition) is 1. The summed E-state index contributed by atoms with van der Waals surface area (Å²) >= 11 is 0. The number of halogens is 2. The second-order valence-electron chi connectivity index (χ2n) is 2.76. The van der Waals surface area contributed by atoms with Gasteiger partial charge in [0.05, 0.1) is 11.1 Å². The SMILES string of the molecule is N#Cc1cnc([N+](=O)[O-])c(CN)c1C(F)F. The van der Waals surface area contributed by atoms with E-state index in [1.807, 2.05) is 0 Å². The van der Waals surface area contributed by atoms with Crippen molar-refractivity contribution in [3.8, 4) is 6.07 Å². The Morgan fingerprint density at radius 1 is 1.69 bits per heavy atom. The van der Waals surface area contributed by atoms with Crippen molar-refractivity contribution < 1.29 is 13.7 Å². The van der Waals surface area contributed by atoms with E-state index in [0.29, 0.717) is 0 Å². The second kappa shape index (κ2) is 4.59. The molecule has 0 aliphatic rings. The lowest BCUT2D eigenvalue weighted by atomic mass is 10.0. The average Bonchev–Trinajstić information content (AvgIpc) is 2.26. The molecule has 6 nitrogen and oxygen atoms in total. The van der Waals surface area contributed by atoms with E-state index in [1.54, 1.807) is 0 Å². The molecule has 0 amide bonds. The number of rotatable bonds is 3. The Morgan fingerprint density at radius 3 is 2.69 bits per heavy atom. The molecule has 0 bridgehead atoms. The van der Waals surface area contributed by atoms with Gasteiger partial charge in [0.2, 0.25) is 0 Å². The van der Waals surface area contributed by atoms with E-state index in [0.717, 1.165) is 6.20 Å². The Kier molecular flexibility index (Phi) is 3.42. The normalized spacial score (nSPS) is 10.2. The van der Waals surface area contributed by atoms with E-state index in [2.05, 4.69) is 4.98 Å². The number of nitro groups is 1. The minimum absolute atomic E-state index is 0.402. The van der Waals surface area contributed by atoms with Gasteiger partial charge < -0.3 is 15.8 Å². The van der Waals surface area contributed by atoms with Crippen LogP contribution in [0.2, 0.25) is 0 Å². The van der Waals surface area contributed by atoms with Crippen LogP contribution in [0.1, 0.15) is 23.1 Å². The van der Waals surface area contributed by atoms with E-state index in [9.17, 15) is 18.9 Å². The van der Waals surface area contributed by atoms with E-state index < -0.39 is 40.4 Å². The summed E-state index contributed by atoms with van der Waals surface area (Å²) in [6.07, 6.45) is -2.26. The topological polar surface area (TPSA) is 106 Å². The zero-order chi connectivity index (χ0) is 12.3. The summed E-state index contributed by atoms with van der Waals surface area (Å²) in [5, 5.41) is 19.1. The molecule has 0 spiro atoms. The van der Waals surface area contributed by atoms with Gasteiger partial charge in [-0.3, -0.25) is 0 Å². The highest BCUT2D eigenvalue weighted by Gasteiger charge is 2.27. The van der Waals surface area contributed by atoms with Crippen molar-refractivity contribution >= 4 is 5.82 Å². The van der Waals surface area contributed by atoms with Crippen LogP contribution in [-0.4, -0.2) is 9.91 Å². The molecule has 0 atom stereocenters. The molecule has 1 aromatic rings. The third-order valence-electron chi connectivity index (χ3n) is 1.92. The van der Waals surface area contributed by atoms with Gasteiger partial charge in [0.1, 0.15) is 11.6 Å². The smallest absolute Gasteiger partial charge is 0.358 e. The molecule has 0 aliphatic heterocycles. The Balaban J connectivity index is 3.57. The molecule has 0 radical (unpaired) electrons. The molecule has 1 aromatic heterocycles. The number of pyridine rings is 1. The Bertz CT molecular complexity index is 470. The molecule has 0 saturated heterocycles. The first-order valence-corrected chi connectivity index (χ1v) is 4.07. The van der Waals surface area contributed by atoms with Crippen molar-refractivity contribution in [3.05, 3.63) is 33.0 Å². The third kappa shape index (κ3) is 1.94. The first-order chi connectivity index (χ1) is 7.52. The van der Waals surface area contributed by atoms with E-state index in [4.69, 9.17) is 11.0 Å². The van der Waals surface area contributed by atoms with Gasteiger partial charge in [-0.1, -0.05) is 0 Å². The maximum absolute atomic E-state index is 12.6. The van der Waals surface area contributed by atoms with Crippen LogP contribution < -0.4 is 5.73 Å². The summed E-state index contributed by atoms with van der Waals surface area (Å²) in [6.45, 7) is -0.474. The number of nitriles is 1. The largest absolute Gasteiger partial charge is 0.368 e.